The average molecular weight is 384 g/mol. The minimum Gasteiger partial charge on any atom is -0.493 e. The Kier molecular flexibility index (Phi) is 4.49. The third kappa shape index (κ3) is 2.98. The first-order chi connectivity index (χ1) is 13.5. The summed E-state index contributed by atoms with van der Waals surface area (Å²) in [5.74, 6) is 2.25. The molecule has 0 N–H and O–H groups in total. The maximum absolute atomic E-state index is 13.2. The molecule has 0 saturated heterocycles. The molecular weight excluding hydrogens is 360 g/mol. The van der Waals surface area contributed by atoms with E-state index in [-0.39, 0.29) is 11.0 Å². The molecule has 4 rings (SSSR count). The molecule has 8 nitrogen and oxygen atoms in total. The molecule has 1 aliphatic rings. The summed E-state index contributed by atoms with van der Waals surface area (Å²) in [5.41, 5.74) is 0.417. The molecule has 0 radical (unpaired) electrons. The van der Waals surface area contributed by atoms with Gasteiger partial charge in [-0.05, 0) is 25.8 Å². The van der Waals surface area contributed by atoms with E-state index in [1.807, 2.05) is 13.1 Å². The fourth-order valence-electron chi connectivity index (χ4n) is 3.72. The van der Waals surface area contributed by atoms with Gasteiger partial charge in [-0.25, -0.2) is 9.97 Å². The van der Waals surface area contributed by atoms with Crippen LogP contribution in [0.1, 0.15) is 18.7 Å². The summed E-state index contributed by atoms with van der Waals surface area (Å²) in [6.45, 7) is 3.45. The normalized spacial score (nSPS) is 14.9. The number of hydrogen-bond donors (Lipinski definition) is 0. The Morgan fingerprint density at radius 1 is 1.04 bits per heavy atom. The molecule has 1 fully saturated rings. The van der Waals surface area contributed by atoms with Crippen LogP contribution in [0.2, 0.25) is 0 Å². The van der Waals surface area contributed by atoms with Gasteiger partial charge in [-0.15, -0.1) is 0 Å². The van der Waals surface area contributed by atoms with E-state index in [1.165, 1.54) is 21.3 Å². The van der Waals surface area contributed by atoms with Crippen LogP contribution in [0.5, 0.6) is 17.2 Å². The number of rotatable bonds is 7. The Hall–Kier alpha value is -3.03. The zero-order chi connectivity index (χ0) is 19.9. The van der Waals surface area contributed by atoms with Gasteiger partial charge < -0.3 is 18.8 Å². The van der Waals surface area contributed by atoms with Crippen molar-refractivity contribution in [3.63, 3.8) is 0 Å². The molecule has 1 aliphatic carbocycles. The quantitative estimate of drug-likeness (QED) is 0.622. The molecule has 0 amide bonds. The number of benzene rings is 1. The molecule has 3 aromatic rings. The van der Waals surface area contributed by atoms with E-state index in [1.54, 1.807) is 23.2 Å². The Balaban J connectivity index is 1.74. The molecule has 2 aromatic heterocycles. The molecule has 8 heteroatoms. The van der Waals surface area contributed by atoms with Crippen molar-refractivity contribution in [1.82, 2.24) is 19.1 Å². The summed E-state index contributed by atoms with van der Waals surface area (Å²) in [6.07, 6.45) is 7.54. The van der Waals surface area contributed by atoms with Crippen LogP contribution < -0.4 is 19.8 Å². The van der Waals surface area contributed by atoms with Crippen LogP contribution in [0, 0.1) is 12.3 Å². The average Bonchev–Trinajstić information content (AvgIpc) is 3.35. The van der Waals surface area contributed by atoms with Crippen molar-refractivity contribution in [3.05, 3.63) is 41.0 Å². The molecule has 2 heterocycles. The molecule has 0 spiro atoms. The molecule has 148 valence electrons. The highest BCUT2D eigenvalue weighted by Crippen LogP contribution is 2.48. The van der Waals surface area contributed by atoms with E-state index < -0.39 is 0 Å². The van der Waals surface area contributed by atoms with Gasteiger partial charge in [0.1, 0.15) is 11.3 Å². The van der Waals surface area contributed by atoms with Crippen LogP contribution in [-0.2, 0) is 13.1 Å². The first-order valence-corrected chi connectivity index (χ1v) is 9.18. The Labute approximate surface area is 162 Å². The third-order valence-corrected chi connectivity index (χ3v) is 5.51. The Morgan fingerprint density at radius 3 is 2.32 bits per heavy atom. The predicted octanol–water partition coefficient (Wildman–Crippen LogP) is 2.41. The summed E-state index contributed by atoms with van der Waals surface area (Å²) >= 11 is 0. The molecule has 28 heavy (non-hydrogen) atoms. The second kappa shape index (κ2) is 6.85. The van der Waals surface area contributed by atoms with Gasteiger partial charge in [0.05, 0.1) is 33.0 Å². The highest BCUT2D eigenvalue weighted by atomic mass is 16.5. The zero-order valence-electron chi connectivity index (χ0n) is 16.6. The molecule has 0 unspecified atom stereocenters. The Bertz CT molecular complexity index is 1080. The van der Waals surface area contributed by atoms with E-state index in [0.29, 0.717) is 34.7 Å². The Morgan fingerprint density at radius 2 is 1.75 bits per heavy atom. The number of aryl methyl sites for hydroxylation is 1. The maximum atomic E-state index is 13.2. The summed E-state index contributed by atoms with van der Waals surface area (Å²) in [5, 5.41) is 0.451. The lowest BCUT2D eigenvalue weighted by molar-refractivity contribution is 0.326. The van der Waals surface area contributed by atoms with Crippen molar-refractivity contribution >= 4 is 10.9 Å². The van der Waals surface area contributed by atoms with Gasteiger partial charge in [0.2, 0.25) is 5.75 Å². The van der Waals surface area contributed by atoms with Crippen molar-refractivity contribution in [2.24, 2.45) is 5.41 Å². The molecule has 1 aromatic carbocycles. The zero-order valence-corrected chi connectivity index (χ0v) is 16.6. The van der Waals surface area contributed by atoms with Crippen molar-refractivity contribution in [1.29, 1.82) is 0 Å². The summed E-state index contributed by atoms with van der Waals surface area (Å²) < 4.78 is 20.1. The van der Waals surface area contributed by atoms with E-state index in [0.717, 1.165) is 25.2 Å². The van der Waals surface area contributed by atoms with E-state index in [9.17, 15) is 4.79 Å². The fraction of sp³-hybridized carbons (Fsp3) is 0.450. The first-order valence-electron chi connectivity index (χ1n) is 9.18. The van der Waals surface area contributed by atoms with Gasteiger partial charge in [-0.2, -0.15) is 0 Å². The summed E-state index contributed by atoms with van der Waals surface area (Å²) in [4.78, 5) is 22.0. The maximum Gasteiger partial charge on any atom is 0.261 e. The number of fused-ring (bicyclic) bond motifs is 1. The van der Waals surface area contributed by atoms with Crippen molar-refractivity contribution in [2.45, 2.75) is 32.9 Å². The standard InChI is InChI=1S/C20H24N4O4/c1-13-21-7-8-23(13)10-20(5-6-20)11-24-12-22-16-14(19(24)25)9-15(26-2)17(27-3)18(16)28-4/h7-9,12H,5-6,10-11H2,1-4H3. The number of aromatic nitrogens is 4. The smallest absolute Gasteiger partial charge is 0.261 e. The third-order valence-electron chi connectivity index (χ3n) is 5.51. The van der Waals surface area contributed by atoms with Crippen LogP contribution in [-0.4, -0.2) is 40.4 Å². The minimum absolute atomic E-state index is 0.0608. The van der Waals surface area contributed by atoms with Crippen LogP contribution in [0.4, 0.5) is 0 Å². The second-order valence-electron chi connectivity index (χ2n) is 7.32. The second-order valence-corrected chi connectivity index (χ2v) is 7.32. The van der Waals surface area contributed by atoms with E-state index in [4.69, 9.17) is 14.2 Å². The number of ether oxygens (including phenoxy) is 3. The number of methoxy groups -OCH3 is 3. The van der Waals surface area contributed by atoms with Crippen LogP contribution in [0.25, 0.3) is 10.9 Å². The lowest BCUT2D eigenvalue weighted by Gasteiger charge is -2.19. The lowest BCUT2D eigenvalue weighted by atomic mass is 10.1. The monoisotopic (exact) mass is 384 g/mol. The van der Waals surface area contributed by atoms with E-state index >= 15 is 0 Å². The van der Waals surface area contributed by atoms with Gasteiger partial charge in [0.25, 0.3) is 5.56 Å². The fourth-order valence-corrected chi connectivity index (χ4v) is 3.72. The molecule has 0 atom stereocenters. The highest BCUT2D eigenvalue weighted by Gasteiger charge is 2.43. The van der Waals surface area contributed by atoms with Crippen LogP contribution in [0.15, 0.2) is 29.6 Å². The summed E-state index contributed by atoms with van der Waals surface area (Å²) in [6, 6.07) is 1.67. The van der Waals surface area contributed by atoms with Crippen LogP contribution in [0.3, 0.4) is 0 Å². The van der Waals surface area contributed by atoms with Gasteiger partial charge in [0, 0.05) is 30.9 Å². The molecular formula is C20H24N4O4. The molecule has 1 saturated carbocycles. The topological polar surface area (TPSA) is 80.4 Å². The van der Waals surface area contributed by atoms with Crippen molar-refractivity contribution < 1.29 is 14.2 Å². The SMILES string of the molecule is COc1cc2c(=O)n(CC3(Cn4ccnc4C)CC3)cnc2c(OC)c1OC. The van der Waals surface area contributed by atoms with Gasteiger partial charge in [0.15, 0.2) is 11.5 Å². The summed E-state index contributed by atoms with van der Waals surface area (Å²) in [7, 11) is 4.59. The lowest BCUT2D eigenvalue weighted by Crippen LogP contribution is -2.27. The number of imidazole rings is 1. The predicted molar refractivity (Wildman–Crippen MR) is 104 cm³/mol. The minimum atomic E-state index is -0.113. The molecule has 0 aliphatic heterocycles. The highest BCUT2D eigenvalue weighted by molar-refractivity contribution is 5.89. The van der Waals surface area contributed by atoms with Crippen molar-refractivity contribution in [3.8, 4) is 17.2 Å². The van der Waals surface area contributed by atoms with Crippen LogP contribution >= 0.6 is 0 Å². The van der Waals surface area contributed by atoms with Gasteiger partial charge >= 0.3 is 0 Å². The number of nitrogens with zero attached hydrogens (tertiary/aromatic N) is 4. The largest absolute Gasteiger partial charge is 0.493 e. The van der Waals surface area contributed by atoms with Crippen molar-refractivity contribution in [2.75, 3.05) is 21.3 Å². The van der Waals surface area contributed by atoms with Gasteiger partial charge in [-0.3, -0.25) is 9.36 Å². The van der Waals surface area contributed by atoms with Gasteiger partial charge in [-0.1, -0.05) is 0 Å². The number of hydrogen-bond acceptors (Lipinski definition) is 6. The molecule has 0 bridgehead atoms. The van der Waals surface area contributed by atoms with E-state index in [2.05, 4.69) is 14.5 Å². The first kappa shape index (κ1) is 18.3.